The molecule has 2 aromatic rings. The van der Waals surface area contributed by atoms with E-state index in [1.807, 2.05) is 136 Å². The Kier molecular flexibility index (Phi) is 19.2. The molecule has 0 heterocycles. The van der Waals surface area contributed by atoms with Crippen LogP contribution < -0.4 is 21.3 Å². The second kappa shape index (κ2) is 18.8. The van der Waals surface area contributed by atoms with E-state index in [1.165, 1.54) is 27.7 Å². The van der Waals surface area contributed by atoms with Crippen molar-refractivity contribution in [3.8, 4) is 0 Å². The molecule has 2 radical (unpaired) electrons. The maximum Gasteiger partial charge on any atom is 0.338 e. The van der Waals surface area contributed by atoms with Gasteiger partial charge in [-0.3, -0.25) is 19.2 Å². The van der Waals surface area contributed by atoms with Gasteiger partial charge in [-0.05, 0) is 136 Å². The number of carboxylic acids is 2. The molecule has 0 saturated carbocycles. The first-order valence-corrected chi connectivity index (χ1v) is 16.8. The SMILES string of the molecule is CC(=O)Nc1c(I)c(NC(C)=O)c(I)c(C(=O)O)c1I.CC(=O)Nc1c(I)c(NC(C)=O)c(I)c(C(=O)O)c1I.[Ca]. The molecule has 41 heavy (non-hydrogen) atoms. The molecule has 218 valence electrons. The number of benzene rings is 2. The smallest absolute Gasteiger partial charge is 0.338 e. The van der Waals surface area contributed by atoms with Gasteiger partial charge in [0.05, 0.1) is 55.3 Å². The summed E-state index contributed by atoms with van der Waals surface area (Å²) in [5, 5.41) is 29.1. The number of hydrogen-bond donors (Lipinski definition) is 6. The summed E-state index contributed by atoms with van der Waals surface area (Å²) in [5.41, 5.74) is 1.67. The minimum absolute atomic E-state index is 0. The van der Waals surface area contributed by atoms with Gasteiger partial charge in [0.15, 0.2) is 0 Å². The van der Waals surface area contributed by atoms with Crippen molar-refractivity contribution in [1.82, 2.24) is 0 Å². The maximum absolute atomic E-state index is 11.4. The van der Waals surface area contributed by atoms with Crippen molar-refractivity contribution in [2.45, 2.75) is 27.7 Å². The predicted octanol–water partition coefficient (Wildman–Crippen LogP) is 5.85. The van der Waals surface area contributed by atoms with Crippen LogP contribution in [0.2, 0.25) is 0 Å². The van der Waals surface area contributed by atoms with Crippen molar-refractivity contribution in [2.24, 2.45) is 0 Å². The molecule has 0 saturated heterocycles. The molecule has 0 aromatic heterocycles. The van der Waals surface area contributed by atoms with Gasteiger partial charge in [0, 0.05) is 65.4 Å². The standard InChI is InChI=1S/2C11H9I3N2O4.Ca/c2*1-3(17)15-9-6(12)5(11(19)20)7(13)10(8(9)14)16-4(2)18;/h2*1-2H3,(H,15,17)(H,16,18)(H,19,20);. The molecule has 2 aromatic carbocycles. The fourth-order valence-electron chi connectivity index (χ4n) is 2.85. The number of halogens is 6. The molecule has 0 aliphatic carbocycles. The Balaban J connectivity index is 0.000000762. The van der Waals surface area contributed by atoms with Crippen LogP contribution >= 0.6 is 136 Å². The number of carbonyl (C=O) groups excluding carboxylic acids is 4. The van der Waals surface area contributed by atoms with Gasteiger partial charge >= 0.3 is 11.9 Å². The van der Waals surface area contributed by atoms with Crippen LogP contribution in [0.15, 0.2) is 0 Å². The number of anilines is 4. The summed E-state index contributed by atoms with van der Waals surface area (Å²) >= 11 is 11.4. The molecule has 6 N–H and O–H groups in total. The molecular formula is C22H18CaI6N4O8. The van der Waals surface area contributed by atoms with E-state index in [9.17, 15) is 39.0 Å². The summed E-state index contributed by atoms with van der Waals surface area (Å²) in [7, 11) is 0. The third-order valence-electron chi connectivity index (χ3n) is 4.27. The molecule has 0 spiro atoms. The van der Waals surface area contributed by atoms with E-state index >= 15 is 0 Å². The van der Waals surface area contributed by atoms with Crippen LogP contribution in [-0.4, -0.2) is 83.5 Å². The van der Waals surface area contributed by atoms with E-state index in [1.54, 1.807) is 0 Å². The van der Waals surface area contributed by atoms with Gasteiger partial charge in [-0.15, -0.1) is 0 Å². The number of rotatable bonds is 6. The average Bonchev–Trinajstić information content (AvgIpc) is 2.79. The van der Waals surface area contributed by atoms with Gasteiger partial charge in [0.2, 0.25) is 23.6 Å². The second-order valence-corrected chi connectivity index (χ2v) is 13.9. The Labute approximate surface area is 346 Å². The molecule has 0 bridgehead atoms. The van der Waals surface area contributed by atoms with Gasteiger partial charge in [0.1, 0.15) is 0 Å². The zero-order chi connectivity index (χ0) is 31.2. The Morgan fingerprint density at radius 1 is 0.439 bits per heavy atom. The van der Waals surface area contributed by atoms with Crippen molar-refractivity contribution < 1.29 is 39.0 Å². The normalized spacial score (nSPS) is 9.80. The summed E-state index contributed by atoms with van der Waals surface area (Å²) in [6, 6.07) is 0. The molecule has 19 heteroatoms. The Morgan fingerprint density at radius 3 is 0.732 bits per heavy atom. The summed E-state index contributed by atoms with van der Waals surface area (Å²) in [5.74, 6) is -3.49. The zero-order valence-electron chi connectivity index (χ0n) is 21.3. The number of amides is 4. The second-order valence-electron chi connectivity index (χ2n) is 7.47. The summed E-state index contributed by atoms with van der Waals surface area (Å²) < 4.78 is 2.88. The van der Waals surface area contributed by atoms with Gasteiger partial charge in [-0.2, -0.15) is 0 Å². The number of carboxylic acid groups (broad SMARTS) is 2. The van der Waals surface area contributed by atoms with Crippen LogP contribution in [-0.2, 0) is 19.2 Å². The van der Waals surface area contributed by atoms with Gasteiger partial charge in [0.25, 0.3) is 0 Å². The molecule has 0 aliphatic heterocycles. The minimum atomic E-state index is -1.12. The molecule has 0 atom stereocenters. The van der Waals surface area contributed by atoms with E-state index in [0.29, 0.717) is 44.2 Å². The van der Waals surface area contributed by atoms with Gasteiger partial charge in [-0.1, -0.05) is 0 Å². The topological polar surface area (TPSA) is 191 Å². The summed E-state index contributed by atoms with van der Waals surface area (Å²) in [4.78, 5) is 67.8. The van der Waals surface area contributed by atoms with E-state index in [2.05, 4.69) is 21.3 Å². The molecule has 2 rings (SSSR count). The summed E-state index contributed by atoms with van der Waals surface area (Å²) in [6.07, 6.45) is 0. The molecule has 12 nitrogen and oxygen atoms in total. The molecule has 0 fully saturated rings. The minimum Gasteiger partial charge on any atom is -0.478 e. The van der Waals surface area contributed by atoms with Crippen LogP contribution in [0.3, 0.4) is 0 Å². The first-order chi connectivity index (χ1) is 18.3. The van der Waals surface area contributed by atoms with Crippen molar-refractivity contribution in [3.05, 3.63) is 32.5 Å². The largest absolute Gasteiger partial charge is 0.478 e. The third-order valence-corrected chi connectivity index (χ3v) is 10.7. The first-order valence-electron chi connectivity index (χ1n) is 10.3. The van der Waals surface area contributed by atoms with Crippen LogP contribution in [0.25, 0.3) is 0 Å². The van der Waals surface area contributed by atoms with E-state index in [-0.39, 0.29) is 72.5 Å². The Hall–Kier alpha value is 0.900. The van der Waals surface area contributed by atoms with Crippen molar-refractivity contribution in [1.29, 1.82) is 0 Å². The first kappa shape index (κ1) is 41.9. The van der Waals surface area contributed by atoms with E-state index < -0.39 is 11.9 Å². The van der Waals surface area contributed by atoms with Crippen LogP contribution in [0, 0.1) is 21.4 Å². The van der Waals surface area contributed by atoms with Crippen LogP contribution in [0.4, 0.5) is 22.7 Å². The fraction of sp³-hybridized carbons (Fsp3) is 0.182. The Morgan fingerprint density at radius 2 is 0.610 bits per heavy atom. The van der Waals surface area contributed by atoms with Gasteiger partial charge in [-0.25, -0.2) is 9.59 Å². The fourth-order valence-corrected chi connectivity index (χ4v) is 11.2. The summed E-state index contributed by atoms with van der Waals surface area (Å²) in [6.45, 7) is 5.34. The predicted molar refractivity (Wildman–Crippen MR) is 206 cm³/mol. The van der Waals surface area contributed by atoms with Crippen LogP contribution in [0.1, 0.15) is 48.4 Å². The third kappa shape index (κ3) is 11.6. The molecule has 4 amide bonds. The zero-order valence-corrected chi connectivity index (χ0v) is 36.5. The average molecular weight is 1270 g/mol. The number of nitrogens with one attached hydrogen (secondary N) is 4. The van der Waals surface area contributed by atoms with Gasteiger partial charge < -0.3 is 31.5 Å². The van der Waals surface area contributed by atoms with E-state index in [4.69, 9.17) is 0 Å². The molecular weight excluding hydrogens is 1250 g/mol. The molecule has 0 aliphatic rings. The van der Waals surface area contributed by atoms with Crippen molar-refractivity contribution in [3.63, 3.8) is 0 Å². The van der Waals surface area contributed by atoms with E-state index in [0.717, 1.165) is 0 Å². The monoisotopic (exact) mass is 1270 g/mol. The van der Waals surface area contributed by atoms with Crippen molar-refractivity contribution in [2.75, 3.05) is 21.3 Å². The quantitative estimate of drug-likeness (QED) is 0.153. The van der Waals surface area contributed by atoms with Crippen LogP contribution in [0.5, 0.6) is 0 Å². The number of aromatic carboxylic acids is 2. The number of carbonyl (C=O) groups is 6. The molecule has 0 unspecified atom stereocenters. The van der Waals surface area contributed by atoms with Crippen molar-refractivity contribution >= 4 is 232 Å². The number of hydrogen-bond acceptors (Lipinski definition) is 6. The maximum atomic E-state index is 11.4. The Bertz CT molecular complexity index is 1260.